The summed E-state index contributed by atoms with van der Waals surface area (Å²) in [6.07, 6.45) is 7.57. The van der Waals surface area contributed by atoms with E-state index in [0.29, 0.717) is 11.3 Å². The minimum Gasteiger partial charge on any atom is -0.286 e. The van der Waals surface area contributed by atoms with Gasteiger partial charge in [0.2, 0.25) is 6.41 Å². The number of nitrogens with zero attached hydrogens (tertiary/aromatic N) is 1. The minimum absolute atomic E-state index is 0.324. The zero-order valence-corrected chi connectivity index (χ0v) is 9.35. The Labute approximate surface area is 85.2 Å². The predicted molar refractivity (Wildman–Crippen MR) is 57.5 cm³/mol. The van der Waals surface area contributed by atoms with E-state index in [9.17, 15) is 4.79 Å². The first-order valence-corrected chi connectivity index (χ1v) is 5.98. The van der Waals surface area contributed by atoms with Crippen molar-refractivity contribution in [3.8, 4) is 0 Å². The lowest BCUT2D eigenvalue weighted by Gasteiger charge is -2.28. The summed E-state index contributed by atoms with van der Waals surface area (Å²) in [5.74, 6) is 0. The van der Waals surface area contributed by atoms with E-state index in [1.165, 1.54) is 32.1 Å². The van der Waals surface area contributed by atoms with Gasteiger partial charge >= 0.3 is 0 Å². The number of hydrogen-bond acceptors (Lipinski definition) is 2. The molecule has 1 aliphatic rings. The second-order valence-corrected chi connectivity index (χ2v) is 5.22. The first-order chi connectivity index (χ1) is 6.24. The van der Waals surface area contributed by atoms with Gasteiger partial charge in [-0.05, 0) is 38.6 Å². The van der Waals surface area contributed by atoms with Crippen LogP contribution in [0, 0.1) is 0 Å². The maximum Gasteiger partial charge on any atom is 0.219 e. The Bertz CT molecular complexity index is 155. The number of carbonyl (C=O) groups excluding carboxylic acids is 1. The molecule has 1 rings (SSSR count). The SMILES string of the molecule is CC(C)N(C=O)SC1CCCCC1. The van der Waals surface area contributed by atoms with Crippen LogP contribution >= 0.6 is 11.9 Å². The number of hydrogen-bond donors (Lipinski definition) is 0. The molecule has 0 spiro atoms. The van der Waals surface area contributed by atoms with E-state index in [1.807, 2.05) is 4.31 Å². The molecule has 0 radical (unpaired) electrons. The summed E-state index contributed by atoms with van der Waals surface area (Å²) in [5, 5.41) is 0.682. The van der Waals surface area contributed by atoms with Gasteiger partial charge in [-0.15, -0.1) is 0 Å². The van der Waals surface area contributed by atoms with Crippen LogP contribution in [-0.2, 0) is 4.79 Å². The lowest BCUT2D eigenvalue weighted by Crippen LogP contribution is -2.26. The van der Waals surface area contributed by atoms with Crippen molar-refractivity contribution in [2.75, 3.05) is 0 Å². The van der Waals surface area contributed by atoms with Crippen LogP contribution in [0.25, 0.3) is 0 Å². The molecule has 0 atom stereocenters. The standard InChI is InChI=1S/C10H19NOS/c1-9(2)11(8-12)13-10-6-4-3-5-7-10/h8-10H,3-7H2,1-2H3. The zero-order chi connectivity index (χ0) is 9.68. The van der Waals surface area contributed by atoms with Crippen molar-refractivity contribution in [2.24, 2.45) is 0 Å². The molecule has 0 aromatic carbocycles. The van der Waals surface area contributed by atoms with Gasteiger partial charge in [0.15, 0.2) is 0 Å². The third-order valence-corrected chi connectivity index (χ3v) is 3.96. The average molecular weight is 201 g/mol. The summed E-state index contributed by atoms with van der Waals surface area (Å²) >= 11 is 1.74. The van der Waals surface area contributed by atoms with Gasteiger partial charge in [-0.1, -0.05) is 19.3 Å². The maximum absolute atomic E-state index is 10.7. The van der Waals surface area contributed by atoms with Crippen LogP contribution in [0.5, 0.6) is 0 Å². The molecule has 0 aliphatic heterocycles. The minimum atomic E-state index is 0.324. The molecular formula is C10H19NOS. The molecule has 0 N–H and O–H groups in total. The van der Waals surface area contributed by atoms with E-state index in [4.69, 9.17) is 0 Å². The maximum atomic E-state index is 10.7. The Morgan fingerprint density at radius 1 is 1.31 bits per heavy atom. The van der Waals surface area contributed by atoms with Crippen molar-refractivity contribution in [2.45, 2.75) is 57.2 Å². The monoisotopic (exact) mass is 201 g/mol. The van der Waals surface area contributed by atoms with Crippen molar-refractivity contribution >= 4 is 18.4 Å². The fourth-order valence-electron chi connectivity index (χ4n) is 1.61. The molecule has 0 heterocycles. The molecule has 1 aliphatic carbocycles. The third-order valence-electron chi connectivity index (χ3n) is 2.44. The summed E-state index contributed by atoms with van der Waals surface area (Å²) < 4.78 is 1.84. The van der Waals surface area contributed by atoms with Gasteiger partial charge in [-0.3, -0.25) is 9.10 Å². The number of rotatable bonds is 4. The summed E-state index contributed by atoms with van der Waals surface area (Å²) in [6, 6.07) is 0.324. The van der Waals surface area contributed by atoms with Gasteiger partial charge in [0.05, 0.1) is 0 Å². The Hall–Kier alpha value is -0.180. The largest absolute Gasteiger partial charge is 0.286 e. The van der Waals surface area contributed by atoms with E-state index in [-0.39, 0.29) is 0 Å². The van der Waals surface area contributed by atoms with Crippen LogP contribution < -0.4 is 0 Å². The lowest BCUT2D eigenvalue weighted by molar-refractivity contribution is -0.114. The van der Waals surface area contributed by atoms with E-state index < -0.39 is 0 Å². The first-order valence-electron chi connectivity index (χ1n) is 5.14. The topological polar surface area (TPSA) is 20.3 Å². The van der Waals surface area contributed by atoms with Crippen molar-refractivity contribution in [3.05, 3.63) is 0 Å². The van der Waals surface area contributed by atoms with Gasteiger partial charge in [-0.25, -0.2) is 0 Å². The highest BCUT2D eigenvalue weighted by Crippen LogP contribution is 2.30. The summed E-state index contributed by atoms with van der Waals surface area (Å²) in [4.78, 5) is 10.7. The van der Waals surface area contributed by atoms with E-state index in [2.05, 4.69) is 13.8 Å². The molecule has 1 saturated carbocycles. The quantitative estimate of drug-likeness (QED) is 0.515. The van der Waals surface area contributed by atoms with Gasteiger partial charge < -0.3 is 0 Å². The van der Waals surface area contributed by atoms with E-state index in [0.717, 1.165) is 6.41 Å². The molecular weight excluding hydrogens is 182 g/mol. The Morgan fingerprint density at radius 3 is 2.38 bits per heavy atom. The average Bonchev–Trinajstić information content (AvgIpc) is 2.15. The van der Waals surface area contributed by atoms with Crippen molar-refractivity contribution < 1.29 is 4.79 Å². The van der Waals surface area contributed by atoms with Crippen LogP contribution in [0.2, 0.25) is 0 Å². The van der Waals surface area contributed by atoms with Gasteiger partial charge in [0.25, 0.3) is 0 Å². The Kier molecular flexibility index (Phi) is 4.64. The van der Waals surface area contributed by atoms with Gasteiger partial charge in [-0.2, -0.15) is 0 Å². The smallest absolute Gasteiger partial charge is 0.219 e. The van der Waals surface area contributed by atoms with Gasteiger partial charge in [0.1, 0.15) is 0 Å². The second-order valence-electron chi connectivity index (χ2n) is 3.92. The molecule has 76 valence electrons. The molecule has 0 saturated heterocycles. The van der Waals surface area contributed by atoms with Gasteiger partial charge in [0, 0.05) is 11.3 Å². The molecule has 3 heteroatoms. The molecule has 0 bridgehead atoms. The molecule has 0 unspecified atom stereocenters. The number of amides is 1. The Balaban J connectivity index is 2.31. The van der Waals surface area contributed by atoms with E-state index in [1.54, 1.807) is 11.9 Å². The fraction of sp³-hybridized carbons (Fsp3) is 0.900. The summed E-state index contributed by atoms with van der Waals surface area (Å²) in [6.45, 7) is 4.12. The van der Waals surface area contributed by atoms with Crippen LogP contribution in [-0.4, -0.2) is 22.0 Å². The molecule has 1 fully saturated rings. The predicted octanol–water partition coefficient (Wildman–Crippen LogP) is 2.83. The van der Waals surface area contributed by atoms with E-state index >= 15 is 0 Å². The van der Waals surface area contributed by atoms with Crippen LogP contribution in [0.3, 0.4) is 0 Å². The second kappa shape index (κ2) is 5.53. The third kappa shape index (κ3) is 3.59. The van der Waals surface area contributed by atoms with Crippen LogP contribution in [0.15, 0.2) is 0 Å². The summed E-state index contributed by atoms with van der Waals surface area (Å²) in [5.41, 5.74) is 0. The zero-order valence-electron chi connectivity index (χ0n) is 8.53. The molecule has 2 nitrogen and oxygen atoms in total. The number of carbonyl (C=O) groups is 1. The van der Waals surface area contributed by atoms with Crippen molar-refractivity contribution in [1.29, 1.82) is 0 Å². The molecule has 13 heavy (non-hydrogen) atoms. The van der Waals surface area contributed by atoms with Crippen LogP contribution in [0.4, 0.5) is 0 Å². The summed E-state index contributed by atoms with van der Waals surface area (Å²) in [7, 11) is 0. The Morgan fingerprint density at radius 2 is 1.92 bits per heavy atom. The highest BCUT2D eigenvalue weighted by molar-refractivity contribution is 7.98. The molecule has 0 aromatic heterocycles. The normalized spacial score (nSPS) is 19.0. The van der Waals surface area contributed by atoms with Crippen molar-refractivity contribution in [1.82, 2.24) is 4.31 Å². The lowest BCUT2D eigenvalue weighted by atomic mass is 10.0. The highest BCUT2D eigenvalue weighted by atomic mass is 32.2. The van der Waals surface area contributed by atoms with Crippen LogP contribution in [0.1, 0.15) is 46.0 Å². The molecule has 1 amide bonds. The fourth-order valence-corrected chi connectivity index (χ4v) is 2.79. The van der Waals surface area contributed by atoms with Crippen molar-refractivity contribution in [3.63, 3.8) is 0 Å². The molecule has 0 aromatic rings. The first kappa shape index (κ1) is 10.9. The highest BCUT2D eigenvalue weighted by Gasteiger charge is 2.18.